The van der Waals surface area contributed by atoms with Crippen LogP contribution in [0.5, 0.6) is 5.75 Å². The zero-order valence-corrected chi connectivity index (χ0v) is 17.6. The van der Waals surface area contributed by atoms with Gasteiger partial charge in [0.15, 0.2) is 0 Å². The van der Waals surface area contributed by atoms with Gasteiger partial charge >= 0.3 is 0 Å². The number of thiazole rings is 1. The third kappa shape index (κ3) is 4.23. The second kappa shape index (κ2) is 8.59. The number of ether oxygens (including phenoxy) is 1. The van der Waals surface area contributed by atoms with Crippen molar-refractivity contribution in [2.45, 2.75) is 26.4 Å². The van der Waals surface area contributed by atoms with Gasteiger partial charge in [0.1, 0.15) is 10.8 Å². The smallest absolute Gasteiger partial charge is 0.123 e. The van der Waals surface area contributed by atoms with Crippen LogP contribution in [0.25, 0.3) is 16.3 Å². The van der Waals surface area contributed by atoms with Crippen LogP contribution in [0.1, 0.15) is 29.1 Å². The minimum atomic E-state index is 0.185. The third-order valence-electron chi connectivity index (χ3n) is 4.99. The molecular formula is C23H24N4OS. The molecule has 0 bridgehead atoms. The van der Waals surface area contributed by atoms with E-state index in [0.29, 0.717) is 0 Å². The molecule has 1 N–H and O–H groups in total. The van der Waals surface area contributed by atoms with Gasteiger partial charge in [0.2, 0.25) is 0 Å². The Balaban J connectivity index is 1.43. The van der Waals surface area contributed by atoms with E-state index in [1.54, 1.807) is 18.4 Å². The minimum Gasteiger partial charge on any atom is -0.497 e. The molecule has 0 saturated carbocycles. The summed E-state index contributed by atoms with van der Waals surface area (Å²) in [5, 5.41) is 9.24. The van der Waals surface area contributed by atoms with Crippen LogP contribution in [0.4, 0.5) is 0 Å². The van der Waals surface area contributed by atoms with Crippen LogP contribution >= 0.6 is 11.3 Å². The van der Waals surface area contributed by atoms with Crippen molar-refractivity contribution in [2.75, 3.05) is 7.11 Å². The van der Waals surface area contributed by atoms with Crippen molar-refractivity contribution in [3.8, 4) is 22.0 Å². The van der Waals surface area contributed by atoms with Crippen molar-refractivity contribution < 1.29 is 4.74 Å². The molecule has 0 aliphatic carbocycles. The molecule has 29 heavy (non-hydrogen) atoms. The maximum Gasteiger partial charge on any atom is 0.123 e. The van der Waals surface area contributed by atoms with E-state index in [2.05, 4.69) is 41.4 Å². The first-order valence-electron chi connectivity index (χ1n) is 9.58. The number of nitrogens with one attached hydrogen (secondary N) is 1. The van der Waals surface area contributed by atoms with Gasteiger partial charge in [-0.2, -0.15) is 5.10 Å². The van der Waals surface area contributed by atoms with Crippen LogP contribution in [-0.4, -0.2) is 21.9 Å². The third-order valence-corrected chi connectivity index (χ3v) is 6.03. The highest BCUT2D eigenvalue weighted by Crippen LogP contribution is 2.26. The molecule has 2 aromatic carbocycles. The van der Waals surface area contributed by atoms with Crippen molar-refractivity contribution in [1.82, 2.24) is 20.1 Å². The molecular weight excluding hydrogens is 380 g/mol. The molecule has 4 aromatic rings. The summed E-state index contributed by atoms with van der Waals surface area (Å²) in [5.74, 6) is 0.841. The Morgan fingerprint density at radius 1 is 1.07 bits per heavy atom. The molecule has 2 aromatic heterocycles. The van der Waals surface area contributed by atoms with E-state index in [1.165, 1.54) is 10.4 Å². The van der Waals surface area contributed by atoms with E-state index >= 15 is 0 Å². The molecule has 1 atom stereocenters. The predicted octanol–water partition coefficient (Wildman–Crippen LogP) is 5.16. The zero-order chi connectivity index (χ0) is 20.2. The highest BCUT2D eigenvalue weighted by Gasteiger charge is 2.15. The van der Waals surface area contributed by atoms with E-state index in [0.717, 1.165) is 34.2 Å². The maximum atomic E-state index is 5.24. The van der Waals surface area contributed by atoms with Gasteiger partial charge < -0.3 is 10.1 Å². The molecule has 0 radical (unpaired) electrons. The van der Waals surface area contributed by atoms with Crippen LogP contribution in [0.3, 0.4) is 0 Å². The van der Waals surface area contributed by atoms with Crippen LogP contribution in [0.2, 0.25) is 0 Å². The standard InChI is InChI=1S/C23H24N4OS/c1-16(24-13-21-14-25-23(29-21)18-7-5-4-6-8-18)22-15-26-27(17(22)2)19-9-11-20(28-3)12-10-19/h4-12,14-16,24H,13H2,1-3H3. The number of aromatic nitrogens is 3. The lowest BCUT2D eigenvalue weighted by atomic mass is 10.1. The van der Waals surface area contributed by atoms with Gasteiger partial charge in [0.25, 0.3) is 0 Å². The molecule has 0 aliphatic heterocycles. The normalized spacial score (nSPS) is 12.1. The first-order valence-corrected chi connectivity index (χ1v) is 10.4. The number of methoxy groups -OCH3 is 1. The van der Waals surface area contributed by atoms with Gasteiger partial charge in [-0.25, -0.2) is 9.67 Å². The number of benzene rings is 2. The molecule has 0 fully saturated rings. The van der Waals surface area contributed by atoms with E-state index in [1.807, 2.05) is 59.5 Å². The second-order valence-corrected chi connectivity index (χ2v) is 8.01. The quantitative estimate of drug-likeness (QED) is 0.462. The lowest BCUT2D eigenvalue weighted by molar-refractivity contribution is 0.414. The van der Waals surface area contributed by atoms with E-state index in [9.17, 15) is 0 Å². The molecule has 0 saturated heterocycles. The van der Waals surface area contributed by atoms with Crippen molar-refractivity contribution in [3.63, 3.8) is 0 Å². The average Bonchev–Trinajstić information content (AvgIpc) is 3.40. The molecule has 6 heteroatoms. The predicted molar refractivity (Wildman–Crippen MR) is 118 cm³/mol. The molecule has 0 spiro atoms. The van der Waals surface area contributed by atoms with Gasteiger partial charge in [0.05, 0.1) is 19.0 Å². The van der Waals surface area contributed by atoms with Crippen LogP contribution < -0.4 is 10.1 Å². The summed E-state index contributed by atoms with van der Waals surface area (Å²) in [4.78, 5) is 5.78. The van der Waals surface area contributed by atoms with Crippen LogP contribution in [-0.2, 0) is 6.54 Å². The summed E-state index contributed by atoms with van der Waals surface area (Å²) >= 11 is 1.73. The molecule has 0 aliphatic rings. The van der Waals surface area contributed by atoms with Gasteiger partial charge in [-0.15, -0.1) is 11.3 Å². The second-order valence-electron chi connectivity index (χ2n) is 6.90. The lowest BCUT2D eigenvalue weighted by Crippen LogP contribution is -2.18. The fourth-order valence-corrected chi connectivity index (χ4v) is 4.17. The highest BCUT2D eigenvalue weighted by molar-refractivity contribution is 7.15. The Morgan fingerprint density at radius 2 is 1.83 bits per heavy atom. The Bertz CT molecular complexity index is 1070. The largest absolute Gasteiger partial charge is 0.497 e. The fourth-order valence-electron chi connectivity index (χ4n) is 3.30. The molecule has 0 amide bonds. The summed E-state index contributed by atoms with van der Waals surface area (Å²) in [6.45, 7) is 5.05. The summed E-state index contributed by atoms with van der Waals surface area (Å²) in [5.41, 5.74) is 4.50. The summed E-state index contributed by atoms with van der Waals surface area (Å²) in [6, 6.07) is 18.4. The number of nitrogens with zero attached hydrogens (tertiary/aromatic N) is 3. The van der Waals surface area contributed by atoms with Crippen molar-refractivity contribution in [3.05, 3.63) is 83.1 Å². The Morgan fingerprint density at radius 3 is 2.55 bits per heavy atom. The Labute approximate surface area is 175 Å². The monoisotopic (exact) mass is 404 g/mol. The maximum absolute atomic E-state index is 5.24. The van der Waals surface area contributed by atoms with Crippen LogP contribution in [0.15, 0.2) is 67.0 Å². The van der Waals surface area contributed by atoms with E-state index in [-0.39, 0.29) is 6.04 Å². The molecule has 5 nitrogen and oxygen atoms in total. The summed E-state index contributed by atoms with van der Waals surface area (Å²) < 4.78 is 7.20. The average molecular weight is 405 g/mol. The van der Waals surface area contributed by atoms with E-state index < -0.39 is 0 Å². The van der Waals surface area contributed by atoms with Gasteiger partial charge in [-0.3, -0.25) is 0 Å². The van der Waals surface area contributed by atoms with Crippen molar-refractivity contribution >= 4 is 11.3 Å². The Hall–Kier alpha value is -2.96. The first-order chi connectivity index (χ1) is 14.2. The van der Waals surface area contributed by atoms with Crippen LogP contribution in [0, 0.1) is 6.92 Å². The fraction of sp³-hybridized carbons (Fsp3) is 0.217. The first kappa shape index (κ1) is 19.4. The summed E-state index contributed by atoms with van der Waals surface area (Å²) in [7, 11) is 1.67. The highest BCUT2D eigenvalue weighted by atomic mass is 32.1. The number of hydrogen-bond donors (Lipinski definition) is 1. The van der Waals surface area contributed by atoms with E-state index in [4.69, 9.17) is 4.74 Å². The van der Waals surface area contributed by atoms with Crippen molar-refractivity contribution in [1.29, 1.82) is 0 Å². The van der Waals surface area contributed by atoms with Gasteiger partial charge in [-0.1, -0.05) is 30.3 Å². The molecule has 2 heterocycles. The van der Waals surface area contributed by atoms with Gasteiger partial charge in [0, 0.05) is 40.5 Å². The molecule has 1 unspecified atom stereocenters. The SMILES string of the molecule is COc1ccc(-n2ncc(C(C)NCc3cnc(-c4ccccc4)s3)c2C)cc1. The topological polar surface area (TPSA) is 52.0 Å². The summed E-state index contributed by atoms with van der Waals surface area (Å²) in [6.07, 6.45) is 3.90. The lowest BCUT2D eigenvalue weighted by Gasteiger charge is -2.13. The number of rotatable bonds is 7. The zero-order valence-electron chi connectivity index (χ0n) is 16.8. The number of hydrogen-bond acceptors (Lipinski definition) is 5. The van der Waals surface area contributed by atoms with Gasteiger partial charge in [-0.05, 0) is 38.1 Å². The minimum absolute atomic E-state index is 0.185. The molecule has 4 rings (SSSR count). The Kier molecular flexibility index (Phi) is 5.74. The molecule has 148 valence electrons. The van der Waals surface area contributed by atoms with Crippen molar-refractivity contribution in [2.24, 2.45) is 0 Å².